The normalized spacial score (nSPS) is 12.0. The van der Waals surface area contributed by atoms with Gasteiger partial charge in [-0.1, -0.05) is 116 Å². The summed E-state index contributed by atoms with van der Waals surface area (Å²) in [4.78, 5) is 0. The van der Waals surface area contributed by atoms with Crippen LogP contribution in [0.4, 0.5) is 0 Å². The lowest BCUT2D eigenvalue weighted by Crippen LogP contribution is -2.26. The van der Waals surface area contributed by atoms with Crippen LogP contribution >= 0.6 is 0 Å². The molecule has 0 fully saturated rings. The summed E-state index contributed by atoms with van der Waals surface area (Å²) in [5, 5.41) is 3.14. The largest absolute Gasteiger partial charge is 0.320 e. The van der Waals surface area contributed by atoms with E-state index in [1.807, 2.05) is 7.05 Å². The van der Waals surface area contributed by atoms with Crippen LogP contribution in [0.25, 0.3) is 0 Å². The lowest BCUT2D eigenvalue weighted by Gasteiger charge is -2.32. The summed E-state index contributed by atoms with van der Waals surface area (Å²) < 4.78 is 0. The number of unbranched alkanes of at least 4 members (excludes halogenated alkanes) is 6. The van der Waals surface area contributed by atoms with E-state index in [1.54, 1.807) is 0 Å². The third-order valence-electron chi connectivity index (χ3n) is 7.07. The number of nitrogens with one attached hydrogen (secondary N) is 1. The Morgan fingerprint density at radius 2 is 1.36 bits per heavy atom. The van der Waals surface area contributed by atoms with Gasteiger partial charge in [0.1, 0.15) is 0 Å². The van der Waals surface area contributed by atoms with Gasteiger partial charge in [-0.3, -0.25) is 0 Å². The molecule has 0 spiro atoms. The fourth-order valence-corrected chi connectivity index (χ4v) is 3.34. The summed E-state index contributed by atoms with van der Waals surface area (Å²) in [5.41, 5.74) is 3.23. The highest BCUT2D eigenvalue weighted by Crippen LogP contribution is 2.34. The average molecular weight is 458 g/mol. The molecule has 1 aromatic rings. The molecule has 1 N–H and O–H groups in total. The summed E-state index contributed by atoms with van der Waals surface area (Å²) in [6.07, 6.45) is 18.5. The number of terminal acetylenes is 1. The Morgan fingerprint density at radius 1 is 0.848 bits per heavy atom. The van der Waals surface area contributed by atoms with Crippen molar-refractivity contribution >= 4 is 0 Å². The summed E-state index contributed by atoms with van der Waals surface area (Å²) in [6.45, 7) is 21.2. The van der Waals surface area contributed by atoms with Gasteiger partial charge in [0.2, 0.25) is 0 Å². The summed E-state index contributed by atoms with van der Waals surface area (Å²) >= 11 is 0. The van der Waals surface area contributed by atoms with Gasteiger partial charge in [0, 0.05) is 5.41 Å². The molecule has 1 rings (SSSR count). The first-order valence-corrected chi connectivity index (χ1v) is 13.7. The Labute approximate surface area is 209 Å². The SMILES string of the molecule is C#CC(C)(C)CC.CCCCCC(C)C(C)(C)c1ccc(C)cc1.CCCCCCCNC. The first kappa shape index (κ1) is 33.9. The van der Waals surface area contributed by atoms with Crippen molar-refractivity contribution in [3.8, 4) is 12.3 Å². The second kappa shape index (κ2) is 20.1. The van der Waals surface area contributed by atoms with Gasteiger partial charge in [-0.2, -0.15) is 0 Å². The van der Waals surface area contributed by atoms with Crippen LogP contribution in [0, 0.1) is 30.6 Å². The Morgan fingerprint density at radius 3 is 1.79 bits per heavy atom. The van der Waals surface area contributed by atoms with Crippen LogP contribution < -0.4 is 5.32 Å². The maximum atomic E-state index is 5.17. The zero-order chi connectivity index (χ0) is 25.8. The number of aryl methyl sites for hydroxylation is 1. The fraction of sp³-hybridized carbons (Fsp3) is 0.750. The van der Waals surface area contributed by atoms with Crippen molar-refractivity contribution in [3.63, 3.8) is 0 Å². The molecule has 0 aliphatic rings. The van der Waals surface area contributed by atoms with Crippen molar-refractivity contribution in [1.82, 2.24) is 5.32 Å². The van der Waals surface area contributed by atoms with Crippen LogP contribution in [0.3, 0.4) is 0 Å². The lowest BCUT2D eigenvalue weighted by atomic mass is 9.72. The van der Waals surface area contributed by atoms with Gasteiger partial charge in [0.25, 0.3) is 0 Å². The Hall–Kier alpha value is -1.26. The lowest BCUT2D eigenvalue weighted by molar-refractivity contribution is 0.314. The predicted octanol–water partition coefficient (Wildman–Crippen LogP) is 9.72. The minimum absolute atomic E-state index is 0.111. The van der Waals surface area contributed by atoms with Gasteiger partial charge in [0.05, 0.1) is 0 Å². The van der Waals surface area contributed by atoms with E-state index < -0.39 is 0 Å². The highest BCUT2D eigenvalue weighted by Gasteiger charge is 2.27. The molecule has 1 nitrogen and oxygen atoms in total. The summed E-state index contributed by atoms with van der Waals surface area (Å²) in [5.74, 6) is 3.44. The molecule has 0 aliphatic heterocycles. The van der Waals surface area contributed by atoms with Crippen LogP contribution in [0.1, 0.15) is 131 Å². The van der Waals surface area contributed by atoms with E-state index in [9.17, 15) is 0 Å². The molecule has 0 radical (unpaired) electrons. The molecule has 1 atom stereocenters. The zero-order valence-electron chi connectivity index (χ0n) is 24.2. The van der Waals surface area contributed by atoms with Crippen molar-refractivity contribution in [1.29, 1.82) is 0 Å². The van der Waals surface area contributed by atoms with Crippen LogP contribution in [-0.4, -0.2) is 13.6 Å². The van der Waals surface area contributed by atoms with Crippen molar-refractivity contribution < 1.29 is 0 Å². The average Bonchev–Trinajstić information content (AvgIpc) is 2.80. The first-order valence-electron chi connectivity index (χ1n) is 13.7. The highest BCUT2D eigenvalue weighted by molar-refractivity contribution is 5.28. The monoisotopic (exact) mass is 457 g/mol. The van der Waals surface area contributed by atoms with E-state index in [2.05, 4.69) is 97.8 Å². The molecule has 0 amide bonds. The standard InChI is InChI=1S/C17H28.C8H19N.C7H12/c1-6-7-8-9-15(3)17(4,5)16-12-10-14(2)11-13-16;1-3-4-5-6-7-8-9-2;1-5-7(3,4)6-2/h10-13,15H,6-9H2,1-5H3;9H,3-8H2,1-2H3;1H,6H2,2-4H3. The molecule has 0 saturated heterocycles. The van der Waals surface area contributed by atoms with Crippen molar-refractivity contribution in [3.05, 3.63) is 35.4 Å². The van der Waals surface area contributed by atoms with Crippen LogP contribution in [-0.2, 0) is 5.41 Å². The van der Waals surface area contributed by atoms with Crippen LogP contribution in [0.15, 0.2) is 24.3 Å². The van der Waals surface area contributed by atoms with E-state index >= 15 is 0 Å². The van der Waals surface area contributed by atoms with Crippen LogP contribution in [0.5, 0.6) is 0 Å². The number of rotatable bonds is 13. The molecular formula is C32H59N. The van der Waals surface area contributed by atoms with Gasteiger partial charge >= 0.3 is 0 Å². The minimum atomic E-state index is 0.111. The summed E-state index contributed by atoms with van der Waals surface area (Å²) in [7, 11) is 2.01. The molecule has 33 heavy (non-hydrogen) atoms. The van der Waals surface area contributed by atoms with Gasteiger partial charge < -0.3 is 5.32 Å². The molecule has 0 aliphatic carbocycles. The predicted molar refractivity (Wildman–Crippen MR) is 153 cm³/mol. The molecule has 0 aromatic heterocycles. The number of hydrogen-bond donors (Lipinski definition) is 1. The Balaban J connectivity index is 0. The third kappa shape index (κ3) is 17.8. The molecule has 0 bridgehead atoms. The maximum absolute atomic E-state index is 5.17. The molecule has 1 aromatic carbocycles. The zero-order valence-corrected chi connectivity index (χ0v) is 24.2. The highest BCUT2D eigenvalue weighted by atomic mass is 14.8. The smallest absolute Gasteiger partial charge is 0.0253 e. The van der Waals surface area contributed by atoms with E-state index in [-0.39, 0.29) is 5.41 Å². The molecule has 1 unspecified atom stereocenters. The topological polar surface area (TPSA) is 12.0 Å². The second-order valence-electron chi connectivity index (χ2n) is 10.9. The van der Waals surface area contributed by atoms with Gasteiger partial charge in [-0.25, -0.2) is 0 Å². The second-order valence-corrected chi connectivity index (χ2v) is 10.9. The third-order valence-corrected chi connectivity index (χ3v) is 7.07. The van der Waals surface area contributed by atoms with Crippen molar-refractivity contribution in [2.75, 3.05) is 13.6 Å². The quantitative estimate of drug-likeness (QED) is 0.229. The van der Waals surface area contributed by atoms with E-state index in [0.29, 0.717) is 5.41 Å². The molecule has 1 heteroatoms. The molecular weight excluding hydrogens is 398 g/mol. The summed E-state index contributed by atoms with van der Waals surface area (Å²) in [6, 6.07) is 9.06. The van der Waals surface area contributed by atoms with E-state index in [4.69, 9.17) is 6.42 Å². The Bertz CT molecular complexity index is 582. The van der Waals surface area contributed by atoms with Crippen LogP contribution in [0.2, 0.25) is 0 Å². The fourth-order valence-electron chi connectivity index (χ4n) is 3.34. The van der Waals surface area contributed by atoms with Gasteiger partial charge in [-0.15, -0.1) is 12.3 Å². The number of benzene rings is 1. The van der Waals surface area contributed by atoms with Gasteiger partial charge in [-0.05, 0) is 70.5 Å². The molecule has 0 saturated carbocycles. The van der Waals surface area contributed by atoms with E-state index in [1.165, 1.54) is 75.5 Å². The van der Waals surface area contributed by atoms with Crippen molar-refractivity contribution in [2.24, 2.45) is 11.3 Å². The minimum Gasteiger partial charge on any atom is -0.320 e. The maximum Gasteiger partial charge on any atom is 0.0253 e. The van der Waals surface area contributed by atoms with Crippen molar-refractivity contribution in [2.45, 2.75) is 132 Å². The Kier molecular flexibility index (Phi) is 20.7. The first-order chi connectivity index (χ1) is 15.5. The molecule has 192 valence electrons. The van der Waals surface area contributed by atoms with Gasteiger partial charge in [0.15, 0.2) is 0 Å². The van der Waals surface area contributed by atoms with E-state index in [0.717, 1.165) is 12.3 Å². The molecule has 0 heterocycles. The number of hydrogen-bond acceptors (Lipinski definition) is 1.